The first-order valence-electron chi connectivity index (χ1n) is 5.51. The lowest BCUT2D eigenvalue weighted by molar-refractivity contribution is -0.447. The van der Waals surface area contributed by atoms with Crippen molar-refractivity contribution in [1.82, 2.24) is 0 Å². The summed E-state index contributed by atoms with van der Waals surface area (Å²) in [6.07, 6.45) is 5.34. The standard InChI is InChI=1S/C11H18O5/c1-11(2,12-3)16-15-10-7-5-8-4-6-9(10)14-13-8/h4,6,8-10H,5,7H2,1-3H3/t8-,9+,10-/m1/s1. The molecule has 0 amide bonds. The van der Waals surface area contributed by atoms with E-state index in [1.54, 1.807) is 21.0 Å². The third-order valence-electron chi connectivity index (χ3n) is 2.77. The largest absolute Gasteiger partial charge is 0.351 e. The van der Waals surface area contributed by atoms with Crippen LogP contribution < -0.4 is 0 Å². The van der Waals surface area contributed by atoms with Crippen molar-refractivity contribution in [1.29, 1.82) is 0 Å². The van der Waals surface area contributed by atoms with Crippen LogP contribution in [-0.4, -0.2) is 31.2 Å². The summed E-state index contributed by atoms with van der Waals surface area (Å²) in [5, 5.41) is 0. The molecule has 2 aliphatic heterocycles. The Bertz CT molecular complexity index is 263. The van der Waals surface area contributed by atoms with E-state index in [1.165, 1.54) is 0 Å². The van der Waals surface area contributed by atoms with Crippen LogP contribution in [0.2, 0.25) is 0 Å². The number of fused-ring (bicyclic) bond motifs is 3. The topological polar surface area (TPSA) is 46.2 Å². The van der Waals surface area contributed by atoms with E-state index in [1.807, 2.05) is 12.2 Å². The molecule has 2 heterocycles. The maximum Gasteiger partial charge on any atom is 0.195 e. The molecule has 1 saturated heterocycles. The molecule has 5 heteroatoms. The van der Waals surface area contributed by atoms with Gasteiger partial charge in [0.05, 0.1) is 0 Å². The van der Waals surface area contributed by atoms with Crippen molar-refractivity contribution in [3.05, 3.63) is 12.2 Å². The monoisotopic (exact) mass is 230 g/mol. The molecule has 92 valence electrons. The van der Waals surface area contributed by atoms with E-state index in [9.17, 15) is 0 Å². The molecule has 5 nitrogen and oxygen atoms in total. The zero-order valence-electron chi connectivity index (χ0n) is 9.84. The molecule has 3 rings (SSSR count). The second-order valence-electron chi connectivity index (χ2n) is 4.48. The van der Waals surface area contributed by atoms with E-state index in [2.05, 4.69) is 0 Å². The highest BCUT2D eigenvalue weighted by atomic mass is 17.2. The van der Waals surface area contributed by atoms with Gasteiger partial charge in [-0.15, -0.1) is 0 Å². The molecule has 2 bridgehead atoms. The number of hydrogen-bond donors (Lipinski definition) is 0. The summed E-state index contributed by atoms with van der Waals surface area (Å²) >= 11 is 0. The molecule has 0 unspecified atom stereocenters. The molecule has 0 saturated carbocycles. The van der Waals surface area contributed by atoms with E-state index in [0.29, 0.717) is 0 Å². The van der Waals surface area contributed by atoms with Crippen LogP contribution in [0, 0.1) is 0 Å². The third kappa shape index (κ3) is 2.81. The van der Waals surface area contributed by atoms with Crippen LogP contribution in [0.3, 0.4) is 0 Å². The highest BCUT2D eigenvalue weighted by molar-refractivity contribution is 5.03. The molecule has 0 N–H and O–H groups in total. The van der Waals surface area contributed by atoms with Gasteiger partial charge in [-0.25, -0.2) is 19.6 Å². The number of rotatable bonds is 4. The number of ether oxygens (including phenoxy) is 1. The Kier molecular flexibility index (Phi) is 3.61. The Balaban J connectivity index is 1.88. The molecule has 0 spiro atoms. The van der Waals surface area contributed by atoms with Crippen molar-refractivity contribution in [2.75, 3.05) is 7.11 Å². The van der Waals surface area contributed by atoms with Gasteiger partial charge in [0.25, 0.3) is 0 Å². The lowest BCUT2D eigenvalue weighted by atomic mass is 10.1. The van der Waals surface area contributed by atoms with Gasteiger partial charge in [0.1, 0.15) is 18.3 Å². The van der Waals surface area contributed by atoms with Crippen molar-refractivity contribution >= 4 is 0 Å². The molecular formula is C11H18O5. The Hall–Kier alpha value is -0.460. The van der Waals surface area contributed by atoms with E-state index in [0.717, 1.165) is 12.8 Å². The van der Waals surface area contributed by atoms with Gasteiger partial charge >= 0.3 is 0 Å². The molecule has 3 atom stereocenters. The van der Waals surface area contributed by atoms with E-state index in [4.69, 9.17) is 24.3 Å². The Morgan fingerprint density at radius 1 is 1.19 bits per heavy atom. The zero-order chi connectivity index (χ0) is 11.6. The van der Waals surface area contributed by atoms with Gasteiger partial charge in [-0.3, -0.25) is 0 Å². The molecule has 0 aromatic carbocycles. The highest BCUT2D eigenvalue weighted by Gasteiger charge is 2.34. The van der Waals surface area contributed by atoms with Crippen LogP contribution in [0.1, 0.15) is 26.7 Å². The van der Waals surface area contributed by atoms with Crippen LogP contribution in [-0.2, 0) is 24.3 Å². The second-order valence-corrected chi connectivity index (χ2v) is 4.48. The van der Waals surface area contributed by atoms with Crippen LogP contribution >= 0.6 is 0 Å². The minimum atomic E-state index is -0.755. The Morgan fingerprint density at radius 3 is 2.62 bits per heavy atom. The summed E-state index contributed by atoms with van der Waals surface area (Å²) < 4.78 is 5.10. The molecule has 0 aromatic rings. The van der Waals surface area contributed by atoms with Gasteiger partial charge < -0.3 is 4.74 Å². The van der Waals surface area contributed by atoms with Gasteiger partial charge in [0.15, 0.2) is 5.79 Å². The minimum absolute atomic E-state index is 0.0419. The molecule has 3 aliphatic rings. The summed E-state index contributed by atoms with van der Waals surface area (Å²) in [5.74, 6) is -0.755. The van der Waals surface area contributed by atoms with Crippen LogP contribution in [0.5, 0.6) is 0 Å². The summed E-state index contributed by atoms with van der Waals surface area (Å²) in [6.45, 7) is 3.57. The van der Waals surface area contributed by atoms with Gasteiger partial charge in [-0.1, -0.05) is 12.2 Å². The Labute approximate surface area is 95.1 Å². The normalized spacial score (nSPS) is 34.1. The maximum atomic E-state index is 5.37. The molecule has 0 radical (unpaired) electrons. The third-order valence-corrected chi connectivity index (χ3v) is 2.77. The van der Waals surface area contributed by atoms with Crippen molar-refractivity contribution < 1.29 is 24.3 Å². The van der Waals surface area contributed by atoms with Gasteiger partial charge in [0.2, 0.25) is 0 Å². The summed E-state index contributed by atoms with van der Waals surface area (Å²) in [6, 6.07) is 0. The van der Waals surface area contributed by atoms with Crippen LogP contribution in [0.25, 0.3) is 0 Å². The summed E-state index contributed by atoms with van der Waals surface area (Å²) in [4.78, 5) is 20.9. The fraction of sp³-hybridized carbons (Fsp3) is 0.818. The lowest BCUT2D eigenvalue weighted by Crippen LogP contribution is -2.35. The van der Waals surface area contributed by atoms with Gasteiger partial charge in [-0.05, 0) is 26.7 Å². The first-order chi connectivity index (χ1) is 7.61. The van der Waals surface area contributed by atoms with Gasteiger partial charge in [0, 0.05) is 7.11 Å². The molecule has 0 aromatic heterocycles. The quantitative estimate of drug-likeness (QED) is 0.318. The number of methoxy groups -OCH3 is 1. The first kappa shape index (κ1) is 12.0. The SMILES string of the molecule is COC(C)(C)OO[C@@H]1CC[C@H]2C=C[C@@H]1OO2. The van der Waals surface area contributed by atoms with Crippen molar-refractivity contribution in [2.45, 2.75) is 50.8 Å². The number of hydrogen-bond acceptors (Lipinski definition) is 5. The minimum Gasteiger partial charge on any atom is -0.351 e. The van der Waals surface area contributed by atoms with Gasteiger partial charge in [-0.2, -0.15) is 0 Å². The fourth-order valence-corrected chi connectivity index (χ4v) is 1.57. The van der Waals surface area contributed by atoms with Crippen LogP contribution in [0.4, 0.5) is 0 Å². The first-order valence-corrected chi connectivity index (χ1v) is 5.51. The predicted octanol–water partition coefficient (Wildman–Crippen LogP) is 1.73. The fourth-order valence-electron chi connectivity index (χ4n) is 1.57. The molecule has 1 fully saturated rings. The summed E-state index contributed by atoms with van der Waals surface area (Å²) in [7, 11) is 1.57. The smallest absolute Gasteiger partial charge is 0.195 e. The molecular weight excluding hydrogens is 212 g/mol. The van der Waals surface area contributed by atoms with Crippen molar-refractivity contribution in [2.24, 2.45) is 0 Å². The predicted molar refractivity (Wildman–Crippen MR) is 55.2 cm³/mol. The molecule has 1 aliphatic carbocycles. The average Bonchev–Trinajstić information content (AvgIpc) is 2.60. The van der Waals surface area contributed by atoms with Crippen LogP contribution in [0.15, 0.2) is 12.2 Å². The Morgan fingerprint density at radius 2 is 2.00 bits per heavy atom. The lowest BCUT2D eigenvalue weighted by Gasteiger charge is -2.27. The van der Waals surface area contributed by atoms with Crippen molar-refractivity contribution in [3.63, 3.8) is 0 Å². The maximum absolute atomic E-state index is 5.37. The zero-order valence-corrected chi connectivity index (χ0v) is 9.84. The van der Waals surface area contributed by atoms with E-state index < -0.39 is 5.79 Å². The van der Waals surface area contributed by atoms with E-state index >= 15 is 0 Å². The highest BCUT2D eigenvalue weighted by Crippen LogP contribution is 2.27. The second kappa shape index (κ2) is 4.81. The van der Waals surface area contributed by atoms with E-state index in [-0.39, 0.29) is 18.3 Å². The summed E-state index contributed by atoms with van der Waals surface area (Å²) in [5.41, 5.74) is 0. The van der Waals surface area contributed by atoms with Crippen molar-refractivity contribution in [3.8, 4) is 0 Å². The average molecular weight is 230 g/mol. The molecule has 16 heavy (non-hydrogen) atoms.